The number of benzene rings is 6. The summed E-state index contributed by atoms with van der Waals surface area (Å²) in [4.78, 5) is 0. The molecule has 0 heteroatoms. The number of hydrogen-bond acceptors (Lipinski definition) is 0. The second kappa shape index (κ2) is 6.93. The lowest BCUT2D eigenvalue weighted by molar-refractivity contribution is 1.38. The molecule has 0 saturated carbocycles. The normalized spacial score (nSPS) is 11.8. The lowest BCUT2D eigenvalue weighted by Crippen LogP contribution is -1.95. The van der Waals surface area contributed by atoms with Gasteiger partial charge in [0, 0.05) is 0 Å². The molecule has 0 nitrogen and oxygen atoms in total. The molecule has 6 aromatic rings. The fourth-order valence-electron chi connectivity index (χ4n) is 5.34. The Hall–Kier alpha value is -3.64. The molecule has 0 aliphatic heterocycles. The van der Waals surface area contributed by atoms with E-state index in [1.54, 1.807) is 0 Å². The van der Waals surface area contributed by atoms with Gasteiger partial charge in [-0.3, -0.25) is 0 Å². The lowest BCUT2D eigenvalue weighted by atomic mass is 9.82. The summed E-state index contributed by atoms with van der Waals surface area (Å²) in [5, 5.41) is 8.04. The molecule has 32 heavy (non-hydrogen) atoms. The van der Waals surface area contributed by atoms with Gasteiger partial charge in [-0.1, -0.05) is 90.0 Å². The highest BCUT2D eigenvalue weighted by atomic mass is 14.2. The molecule has 0 radical (unpaired) electrons. The maximum atomic E-state index is 2.42. The first-order valence-electron chi connectivity index (χ1n) is 11.4. The molecule has 0 aromatic heterocycles. The smallest absolute Gasteiger partial charge is 0.00201 e. The van der Waals surface area contributed by atoms with Crippen LogP contribution in [0.25, 0.3) is 54.6 Å². The number of rotatable bonds is 2. The van der Waals surface area contributed by atoms with Crippen molar-refractivity contribution in [2.24, 2.45) is 0 Å². The SMILES string of the molecule is Cc1ccc(C)c(-c2cc3ccc4cccc5ccc(c2-c2cc(C)ccc2C)c3c45)c1. The molecule has 0 N–H and O–H groups in total. The minimum atomic E-state index is 1.29. The van der Waals surface area contributed by atoms with Crippen molar-refractivity contribution in [2.75, 3.05) is 0 Å². The van der Waals surface area contributed by atoms with Crippen LogP contribution >= 0.6 is 0 Å². The largest absolute Gasteiger partial charge is 0.0610 e. The fourth-order valence-corrected chi connectivity index (χ4v) is 5.34. The van der Waals surface area contributed by atoms with E-state index >= 15 is 0 Å². The molecule has 0 atom stereocenters. The maximum absolute atomic E-state index is 2.42. The van der Waals surface area contributed by atoms with Crippen molar-refractivity contribution in [2.45, 2.75) is 27.7 Å². The second-order valence-corrected chi connectivity index (χ2v) is 9.29. The Bertz CT molecular complexity index is 1630. The minimum absolute atomic E-state index is 1.29. The van der Waals surface area contributed by atoms with Crippen LogP contribution < -0.4 is 0 Å². The van der Waals surface area contributed by atoms with Gasteiger partial charge in [0.2, 0.25) is 0 Å². The van der Waals surface area contributed by atoms with Gasteiger partial charge < -0.3 is 0 Å². The topological polar surface area (TPSA) is 0 Å². The highest BCUT2D eigenvalue weighted by Crippen LogP contribution is 2.46. The molecule has 0 bridgehead atoms. The van der Waals surface area contributed by atoms with Crippen molar-refractivity contribution in [1.29, 1.82) is 0 Å². The minimum Gasteiger partial charge on any atom is -0.0610 e. The Morgan fingerprint density at radius 2 is 1.03 bits per heavy atom. The van der Waals surface area contributed by atoms with Crippen LogP contribution in [0.15, 0.2) is 84.9 Å². The van der Waals surface area contributed by atoms with Crippen LogP contribution in [0.1, 0.15) is 22.3 Å². The first kappa shape index (κ1) is 19.1. The Morgan fingerprint density at radius 1 is 0.438 bits per heavy atom. The molecule has 0 heterocycles. The molecule has 0 aliphatic rings. The van der Waals surface area contributed by atoms with Gasteiger partial charge in [0.05, 0.1) is 0 Å². The summed E-state index contributed by atoms with van der Waals surface area (Å²) in [6, 6.07) is 31.9. The van der Waals surface area contributed by atoms with Crippen LogP contribution in [-0.2, 0) is 0 Å². The number of hydrogen-bond donors (Lipinski definition) is 0. The molecule has 0 unspecified atom stereocenters. The van der Waals surface area contributed by atoms with Gasteiger partial charge in [0.25, 0.3) is 0 Å². The maximum Gasteiger partial charge on any atom is -0.00201 e. The third-order valence-corrected chi connectivity index (χ3v) is 6.99. The van der Waals surface area contributed by atoms with Gasteiger partial charge >= 0.3 is 0 Å². The summed E-state index contributed by atoms with van der Waals surface area (Å²) < 4.78 is 0. The monoisotopic (exact) mass is 410 g/mol. The average molecular weight is 411 g/mol. The van der Waals surface area contributed by atoms with E-state index in [2.05, 4.69) is 113 Å². The lowest BCUT2D eigenvalue weighted by Gasteiger charge is -2.21. The summed E-state index contributed by atoms with van der Waals surface area (Å²) in [5.41, 5.74) is 10.6. The molecular weight excluding hydrogens is 384 g/mol. The third kappa shape index (κ3) is 2.76. The summed E-state index contributed by atoms with van der Waals surface area (Å²) in [7, 11) is 0. The van der Waals surface area contributed by atoms with E-state index in [1.807, 2.05) is 0 Å². The van der Waals surface area contributed by atoms with Crippen molar-refractivity contribution >= 4 is 32.3 Å². The van der Waals surface area contributed by atoms with Crippen LogP contribution in [0.2, 0.25) is 0 Å². The standard InChI is InChI=1S/C32H26/c1-19-8-10-21(3)27(16-19)29-18-25-13-12-23-6-5-7-24-14-15-26(31(25)30(23)24)32(29)28-17-20(2)9-11-22(28)4/h5-18H,1-4H3. The van der Waals surface area contributed by atoms with Gasteiger partial charge in [-0.05, 0) is 99.5 Å². The molecular formula is C32H26. The van der Waals surface area contributed by atoms with E-state index in [9.17, 15) is 0 Å². The summed E-state index contributed by atoms with van der Waals surface area (Å²) in [5.74, 6) is 0. The van der Waals surface area contributed by atoms with Crippen molar-refractivity contribution in [3.05, 3.63) is 107 Å². The quantitative estimate of drug-likeness (QED) is 0.250. The highest BCUT2D eigenvalue weighted by molar-refractivity contribution is 6.27. The molecule has 0 fully saturated rings. The van der Waals surface area contributed by atoms with Gasteiger partial charge in [0.15, 0.2) is 0 Å². The predicted octanol–water partition coefficient (Wildman–Crippen LogP) is 9.15. The van der Waals surface area contributed by atoms with Gasteiger partial charge in [-0.15, -0.1) is 0 Å². The summed E-state index contributed by atoms with van der Waals surface area (Å²) in [6.45, 7) is 8.84. The Kier molecular flexibility index (Phi) is 4.13. The first-order valence-corrected chi connectivity index (χ1v) is 11.4. The Labute approximate surface area is 189 Å². The van der Waals surface area contributed by atoms with Crippen molar-refractivity contribution in [3.63, 3.8) is 0 Å². The molecule has 154 valence electrons. The second-order valence-electron chi connectivity index (χ2n) is 9.29. The first-order chi connectivity index (χ1) is 15.5. The molecule has 0 aliphatic carbocycles. The van der Waals surface area contributed by atoms with Crippen LogP contribution in [0.4, 0.5) is 0 Å². The molecule has 6 aromatic carbocycles. The Morgan fingerprint density at radius 3 is 1.75 bits per heavy atom. The average Bonchev–Trinajstić information content (AvgIpc) is 2.80. The highest BCUT2D eigenvalue weighted by Gasteiger charge is 2.19. The van der Waals surface area contributed by atoms with E-state index in [-0.39, 0.29) is 0 Å². The fraction of sp³-hybridized carbons (Fsp3) is 0.125. The van der Waals surface area contributed by atoms with E-state index < -0.39 is 0 Å². The van der Waals surface area contributed by atoms with E-state index in [1.165, 1.54) is 76.8 Å². The van der Waals surface area contributed by atoms with Crippen molar-refractivity contribution in [1.82, 2.24) is 0 Å². The van der Waals surface area contributed by atoms with E-state index in [0.717, 1.165) is 0 Å². The zero-order valence-electron chi connectivity index (χ0n) is 19.1. The Balaban J connectivity index is 1.87. The zero-order valence-corrected chi connectivity index (χ0v) is 19.1. The third-order valence-electron chi connectivity index (χ3n) is 6.99. The molecule has 6 rings (SSSR count). The van der Waals surface area contributed by atoms with Gasteiger partial charge in [-0.2, -0.15) is 0 Å². The predicted molar refractivity (Wildman–Crippen MR) is 140 cm³/mol. The summed E-state index contributed by atoms with van der Waals surface area (Å²) in [6.07, 6.45) is 0. The van der Waals surface area contributed by atoms with Gasteiger partial charge in [0.1, 0.15) is 0 Å². The molecule has 0 amide bonds. The van der Waals surface area contributed by atoms with Crippen LogP contribution in [0.3, 0.4) is 0 Å². The van der Waals surface area contributed by atoms with Crippen LogP contribution in [0, 0.1) is 27.7 Å². The summed E-state index contributed by atoms with van der Waals surface area (Å²) >= 11 is 0. The van der Waals surface area contributed by atoms with E-state index in [4.69, 9.17) is 0 Å². The molecule has 0 spiro atoms. The van der Waals surface area contributed by atoms with Gasteiger partial charge in [-0.25, -0.2) is 0 Å². The van der Waals surface area contributed by atoms with Crippen molar-refractivity contribution in [3.8, 4) is 22.3 Å². The zero-order chi connectivity index (χ0) is 22.0. The van der Waals surface area contributed by atoms with Crippen molar-refractivity contribution < 1.29 is 0 Å². The molecule has 0 saturated heterocycles. The van der Waals surface area contributed by atoms with Crippen LogP contribution in [0.5, 0.6) is 0 Å². The van der Waals surface area contributed by atoms with E-state index in [0.29, 0.717) is 0 Å². The van der Waals surface area contributed by atoms with Crippen LogP contribution in [-0.4, -0.2) is 0 Å². The number of aryl methyl sites for hydroxylation is 4.